The lowest BCUT2D eigenvalue weighted by Crippen LogP contribution is -2.12. The monoisotopic (exact) mass is 285 g/mol. The Morgan fingerprint density at radius 3 is 2.95 bits per heavy atom. The number of fused-ring (bicyclic) bond motifs is 1. The number of aromatic nitrogens is 1. The van der Waals surface area contributed by atoms with E-state index in [0.29, 0.717) is 22.0 Å². The Morgan fingerprint density at radius 2 is 2.29 bits per heavy atom. The fourth-order valence-corrected chi connectivity index (χ4v) is 1.83. The van der Waals surface area contributed by atoms with Crippen LogP contribution in [0, 0.1) is 28.9 Å². The molecule has 1 amide bonds. The first-order chi connectivity index (χ1) is 9.99. The number of nitro benzene ring substituents is 1. The molecule has 0 bridgehead atoms. The van der Waals surface area contributed by atoms with E-state index < -0.39 is 11.0 Å². The van der Waals surface area contributed by atoms with Gasteiger partial charge in [0, 0.05) is 28.8 Å². The third kappa shape index (κ3) is 3.25. The lowest BCUT2D eigenvalue weighted by molar-refractivity contribution is -0.385. The van der Waals surface area contributed by atoms with E-state index in [2.05, 4.69) is 21.6 Å². The molecule has 0 saturated heterocycles. The number of nitro groups is 1. The smallest absolute Gasteiger partial charge is 0.405 e. The van der Waals surface area contributed by atoms with Crippen LogP contribution in [0.5, 0.6) is 0 Å². The summed E-state index contributed by atoms with van der Waals surface area (Å²) in [6, 6.07) is 4.72. The average Bonchev–Trinajstić information content (AvgIpc) is 2.42. The van der Waals surface area contributed by atoms with Gasteiger partial charge in [0.05, 0.1) is 10.4 Å². The highest BCUT2D eigenvalue weighted by atomic mass is 16.6. The zero-order valence-corrected chi connectivity index (χ0v) is 11.1. The number of pyridine rings is 1. The highest BCUT2D eigenvalue weighted by Gasteiger charge is 2.13. The minimum Gasteiger partial charge on any atom is -0.437 e. The van der Waals surface area contributed by atoms with Crippen molar-refractivity contribution in [2.24, 2.45) is 5.73 Å². The quantitative estimate of drug-likeness (QED) is 0.515. The number of hydrogen-bond donors (Lipinski definition) is 1. The van der Waals surface area contributed by atoms with Crippen molar-refractivity contribution in [2.45, 2.75) is 6.92 Å². The van der Waals surface area contributed by atoms with Gasteiger partial charge in [0.2, 0.25) is 0 Å². The number of carbonyl (C=O) groups excluding carboxylic acids is 1. The number of nitrogens with zero attached hydrogens (tertiary/aromatic N) is 2. The number of aryl methyl sites for hydroxylation is 1. The molecule has 0 aliphatic rings. The Kier molecular flexibility index (Phi) is 4.00. The van der Waals surface area contributed by atoms with E-state index in [4.69, 9.17) is 5.73 Å². The molecular formula is C14H11N3O4. The molecule has 1 aromatic carbocycles. The van der Waals surface area contributed by atoms with Crippen LogP contribution in [0.2, 0.25) is 0 Å². The Hall–Kier alpha value is -3.14. The lowest BCUT2D eigenvalue weighted by atomic mass is 10.1. The van der Waals surface area contributed by atoms with E-state index in [1.807, 2.05) is 0 Å². The van der Waals surface area contributed by atoms with Gasteiger partial charge in [0.1, 0.15) is 0 Å². The zero-order valence-electron chi connectivity index (χ0n) is 11.1. The summed E-state index contributed by atoms with van der Waals surface area (Å²) in [4.78, 5) is 25.1. The molecule has 0 atom stereocenters. The normalized spacial score (nSPS) is 9.76. The van der Waals surface area contributed by atoms with Crippen LogP contribution in [0.25, 0.3) is 10.9 Å². The van der Waals surface area contributed by atoms with Gasteiger partial charge < -0.3 is 10.5 Å². The minimum absolute atomic E-state index is 0.00642. The number of ether oxygens (including phenoxy) is 1. The van der Waals surface area contributed by atoms with Crippen molar-refractivity contribution in [1.82, 2.24) is 4.98 Å². The van der Waals surface area contributed by atoms with E-state index in [1.54, 1.807) is 25.3 Å². The van der Waals surface area contributed by atoms with Crippen LogP contribution in [0.4, 0.5) is 10.5 Å². The van der Waals surface area contributed by atoms with Crippen molar-refractivity contribution >= 4 is 22.7 Å². The second-order valence-electron chi connectivity index (χ2n) is 4.18. The van der Waals surface area contributed by atoms with E-state index in [1.165, 1.54) is 6.07 Å². The van der Waals surface area contributed by atoms with Crippen molar-refractivity contribution in [3.8, 4) is 11.8 Å². The summed E-state index contributed by atoms with van der Waals surface area (Å²) in [6.07, 6.45) is 0.655. The van der Waals surface area contributed by atoms with Crippen LogP contribution in [-0.2, 0) is 4.74 Å². The number of carbonyl (C=O) groups is 1. The minimum atomic E-state index is -0.907. The topological polar surface area (TPSA) is 108 Å². The van der Waals surface area contributed by atoms with Crippen molar-refractivity contribution in [3.63, 3.8) is 0 Å². The molecule has 0 radical (unpaired) electrons. The van der Waals surface area contributed by atoms with Gasteiger partial charge in [-0.3, -0.25) is 15.1 Å². The van der Waals surface area contributed by atoms with Crippen molar-refractivity contribution in [1.29, 1.82) is 0 Å². The first-order valence-corrected chi connectivity index (χ1v) is 5.94. The summed E-state index contributed by atoms with van der Waals surface area (Å²) >= 11 is 0. The Balaban J connectivity index is 2.46. The maximum absolute atomic E-state index is 11.0. The maximum atomic E-state index is 11.0. The molecule has 0 fully saturated rings. The standard InChI is InChI=1S/C14H11N3O4/c1-9-7-12-11(8-13(9)17(19)20)10(4-5-16-12)3-2-6-21-14(15)18/h4-5,7-8H,6H2,1H3,(H2,15,18). The highest BCUT2D eigenvalue weighted by Crippen LogP contribution is 2.25. The van der Waals surface area contributed by atoms with Gasteiger partial charge in [-0.2, -0.15) is 0 Å². The molecule has 0 aliphatic heterocycles. The molecule has 0 aliphatic carbocycles. The predicted molar refractivity (Wildman–Crippen MR) is 75.5 cm³/mol. The molecule has 0 saturated carbocycles. The van der Waals surface area contributed by atoms with Crippen LogP contribution in [0.1, 0.15) is 11.1 Å². The predicted octanol–water partition coefficient (Wildman–Crippen LogP) is 1.90. The lowest BCUT2D eigenvalue weighted by Gasteiger charge is -2.03. The molecule has 7 nitrogen and oxygen atoms in total. The summed E-state index contributed by atoms with van der Waals surface area (Å²) in [5.74, 6) is 5.40. The fraction of sp³-hybridized carbons (Fsp3) is 0.143. The molecule has 21 heavy (non-hydrogen) atoms. The summed E-state index contributed by atoms with van der Waals surface area (Å²) < 4.78 is 4.50. The largest absolute Gasteiger partial charge is 0.437 e. The third-order valence-corrected chi connectivity index (χ3v) is 2.77. The highest BCUT2D eigenvalue weighted by molar-refractivity contribution is 5.87. The average molecular weight is 285 g/mol. The fourth-order valence-electron chi connectivity index (χ4n) is 1.83. The van der Waals surface area contributed by atoms with Crippen molar-refractivity contribution in [2.75, 3.05) is 6.61 Å². The number of rotatable bonds is 2. The number of benzene rings is 1. The van der Waals surface area contributed by atoms with E-state index in [-0.39, 0.29) is 12.3 Å². The van der Waals surface area contributed by atoms with E-state index in [9.17, 15) is 14.9 Å². The molecule has 7 heteroatoms. The molecular weight excluding hydrogens is 274 g/mol. The number of amides is 1. The van der Waals surface area contributed by atoms with E-state index in [0.717, 1.165) is 0 Å². The summed E-state index contributed by atoms with van der Waals surface area (Å²) in [6.45, 7) is 1.51. The van der Waals surface area contributed by atoms with Crippen LogP contribution in [-0.4, -0.2) is 22.6 Å². The van der Waals surface area contributed by atoms with Gasteiger partial charge in [-0.25, -0.2) is 4.79 Å². The number of nitrogens with two attached hydrogens (primary N) is 1. The first-order valence-electron chi connectivity index (χ1n) is 5.94. The molecule has 0 unspecified atom stereocenters. The Bertz CT molecular complexity index is 790. The second-order valence-corrected chi connectivity index (χ2v) is 4.18. The van der Waals surface area contributed by atoms with E-state index >= 15 is 0 Å². The summed E-state index contributed by atoms with van der Waals surface area (Å²) in [7, 11) is 0. The molecule has 2 N–H and O–H groups in total. The number of hydrogen-bond acceptors (Lipinski definition) is 5. The van der Waals surface area contributed by atoms with Crippen LogP contribution >= 0.6 is 0 Å². The van der Waals surface area contributed by atoms with Gasteiger partial charge in [-0.1, -0.05) is 11.8 Å². The molecule has 1 heterocycles. The van der Waals surface area contributed by atoms with Crippen LogP contribution < -0.4 is 5.73 Å². The summed E-state index contributed by atoms with van der Waals surface area (Å²) in [5.41, 5.74) is 6.53. The van der Waals surface area contributed by atoms with Crippen LogP contribution in [0.3, 0.4) is 0 Å². The van der Waals surface area contributed by atoms with Gasteiger partial charge >= 0.3 is 6.09 Å². The van der Waals surface area contributed by atoms with Gasteiger partial charge in [-0.15, -0.1) is 0 Å². The van der Waals surface area contributed by atoms with Gasteiger partial charge in [0.25, 0.3) is 5.69 Å². The number of primary amides is 1. The molecule has 2 rings (SSSR count). The van der Waals surface area contributed by atoms with Crippen LogP contribution in [0.15, 0.2) is 24.4 Å². The third-order valence-electron chi connectivity index (χ3n) is 2.77. The van der Waals surface area contributed by atoms with Gasteiger partial charge in [0.15, 0.2) is 6.61 Å². The molecule has 2 aromatic rings. The van der Waals surface area contributed by atoms with Gasteiger partial charge in [-0.05, 0) is 19.1 Å². The van der Waals surface area contributed by atoms with Crippen molar-refractivity contribution < 1.29 is 14.5 Å². The Morgan fingerprint density at radius 1 is 1.52 bits per heavy atom. The molecule has 0 spiro atoms. The first kappa shape index (κ1) is 14.3. The Labute approximate surface area is 119 Å². The van der Waals surface area contributed by atoms with Crippen molar-refractivity contribution in [3.05, 3.63) is 45.6 Å². The SMILES string of the molecule is Cc1cc2nccc(C#CCOC(N)=O)c2cc1[N+](=O)[O-]. The zero-order chi connectivity index (χ0) is 15.4. The summed E-state index contributed by atoms with van der Waals surface area (Å²) in [5, 5.41) is 11.6. The molecule has 1 aromatic heterocycles. The maximum Gasteiger partial charge on any atom is 0.405 e. The molecule has 106 valence electrons. The second kappa shape index (κ2) is 5.88.